The number of nitrogens with zero attached hydrogens (tertiary/aromatic N) is 1. The molecule has 7 heteroatoms. The molecule has 2 rings (SSSR count). The van der Waals surface area contributed by atoms with Gasteiger partial charge in [-0.05, 0) is 61.8 Å². The number of hydrogen-bond donors (Lipinski definition) is 2. The third kappa shape index (κ3) is 8.43. The van der Waals surface area contributed by atoms with Gasteiger partial charge in [-0.1, -0.05) is 30.4 Å². The molecule has 1 amide bonds. The SMILES string of the molecule is COc1ccc(CCN(C)CCCNC(=O)C/C=C/c2ccc(C(=O)O)cc2)cc1OC. The highest BCUT2D eigenvalue weighted by Crippen LogP contribution is 2.27. The van der Waals surface area contributed by atoms with Gasteiger partial charge in [0.25, 0.3) is 0 Å². The molecule has 7 nitrogen and oxygen atoms in total. The molecule has 0 atom stereocenters. The Kier molecular flexibility index (Phi) is 10.3. The molecule has 0 aliphatic heterocycles. The molecular formula is C25H32N2O5. The van der Waals surface area contributed by atoms with Crippen molar-refractivity contribution >= 4 is 18.0 Å². The van der Waals surface area contributed by atoms with E-state index in [-0.39, 0.29) is 17.9 Å². The summed E-state index contributed by atoms with van der Waals surface area (Å²) in [5, 5.41) is 11.8. The second kappa shape index (κ2) is 13.2. The Morgan fingerprint density at radius 1 is 1.03 bits per heavy atom. The summed E-state index contributed by atoms with van der Waals surface area (Å²) in [4.78, 5) is 25.1. The summed E-state index contributed by atoms with van der Waals surface area (Å²) in [5.74, 6) is 0.482. The highest BCUT2D eigenvalue weighted by Gasteiger charge is 2.06. The normalized spacial score (nSPS) is 11.0. The summed E-state index contributed by atoms with van der Waals surface area (Å²) in [6, 6.07) is 12.5. The molecular weight excluding hydrogens is 408 g/mol. The molecule has 0 unspecified atom stereocenters. The highest BCUT2D eigenvalue weighted by molar-refractivity contribution is 5.87. The molecule has 0 aromatic heterocycles. The lowest BCUT2D eigenvalue weighted by Gasteiger charge is -2.17. The fourth-order valence-electron chi connectivity index (χ4n) is 3.16. The number of carboxylic acid groups (broad SMARTS) is 1. The second-order valence-corrected chi connectivity index (χ2v) is 7.48. The molecule has 32 heavy (non-hydrogen) atoms. The summed E-state index contributed by atoms with van der Waals surface area (Å²) >= 11 is 0. The summed E-state index contributed by atoms with van der Waals surface area (Å²) in [7, 11) is 5.33. The third-order valence-corrected chi connectivity index (χ3v) is 5.04. The topological polar surface area (TPSA) is 88.1 Å². The van der Waals surface area contributed by atoms with Gasteiger partial charge >= 0.3 is 5.97 Å². The van der Waals surface area contributed by atoms with Gasteiger partial charge in [-0.2, -0.15) is 0 Å². The number of amides is 1. The summed E-state index contributed by atoms with van der Waals surface area (Å²) in [5.41, 5.74) is 2.29. The molecule has 0 bridgehead atoms. The van der Waals surface area contributed by atoms with Gasteiger partial charge in [0, 0.05) is 19.5 Å². The van der Waals surface area contributed by atoms with Crippen molar-refractivity contribution in [3.8, 4) is 11.5 Å². The Morgan fingerprint density at radius 3 is 2.41 bits per heavy atom. The van der Waals surface area contributed by atoms with Crippen LogP contribution in [0.3, 0.4) is 0 Å². The molecule has 0 aliphatic rings. The molecule has 2 aromatic rings. The van der Waals surface area contributed by atoms with E-state index in [4.69, 9.17) is 14.6 Å². The number of benzene rings is 2. The van der Waals surface area contributed by atoms with Gasteiger partial charge in [-0.25, -0.2) is 4.79 Å². The number of aromatic carboxylic acids is 1. The van der Waals surface area contributed by atoms with Gasteiger partial charge in [-0.15, -0.1) is 0 Å². The van der Waals surface area contributed by atoms with E-state index in [1.165, 1.54) is 5.56 Å². The Balaban J connectivity index is 1.62. The maximum atomic E-state index is 12.0. The minimum absolute atomic E-state index is 0.0311. The van der Waals surface area contributed by atoms with Crippen LogP contribution in [0.15, 0.2) is 48.5 Å². The maximum Gasteiger partial charge on any atom is 0.335 e. The minimum Gasteiger partial charge on any atom is -0.493 e. The number of carboxylic acids is 1. The second-order valence-electron chi connectivity index (χ2n) is 7.48. The van der Waals surface area contributed by atoms with Crippen LogP contribution in [0, 0.1) is 0 Å². The van der Waals surface area contributed by atoms with Crippen molar-refractivity contribution in [2.24, 2.45) is 0 Å². The average molecular weight is 441 g/mol. The van der Waals surface area contributed by atoms with Crippen LogP contribution in [0.2, 0.25) is 0 Å². The number of methoxy groups -OCH3 is 2. The van der Waals surface area contributed by atoms with E-state index >= 15 is 0 Å². The number of nitrogens with one attached hydrogen (secondary N) is 1. The maximum absolute atomic E-state index is 12.0. The Bertz CT molecular complexity index is 909. The summed E-state index contributed by atoms with van der Waals surface area (Å²) < 4.78 is 10.6. The van der Waals surface area contributed by atoms with E-state index < -0.39 is 5.97 Å². The Hall–Kier alpha value is -3.32. The molecule has 0 heterocycles. The summed E-state index contributed by atoms with van der Waals surface area (Å²) in [6.07, 6.45) is 5.65. The van der Waals surface area contributed by atoms with Gasteiger partial charge in [0.1, 0.15) is 0 Å². The van der Waals surface area contributed by atoms with E-state index in [1.54, 1.807) is 44.6 Å². The number of rotatable bonds is 13. The zero-order chi connectivity index (χ0) is 23.3. The van der Waals surface area contributed by atoms with Crippen molar-refractivity contribution in [2.75, 3.05) is 40.9 Å². The third-order valence-electron chi connectivity index (χ3n) is 5.04. The van der Waals surface area contributed by atoms with Crippen LogP contribution in [0.1, 0.15) is 34.3 Å². The predicted molar refractivity (Wildman–Crippen MR) is 125 cm³/mol. The smallest absolute Gasteiger partial charge is 0.335 e. The van der Waals surface area contributed by atoms with Crippen molar-refractivity contribution in [1.82, 2.24) is 10.2 Å². The first-order valence-electron chi connectivity index (χ1n) is 10.6. The van der Waals surface area contributed by atoms with Crippen LogP contribution in [-0.4, -0.2) is 62.8 Å². The van der Waals surface area contributed by atoms with E-state index in [9.17, 15) is 9.59 Å². The highest BCUT2D eigenvalue weighted by atomic mass is 16.5. The fourth-order valence-corrected chi connectivity index (χ4v) is 3.16. The molecule has 2 aromatic carbocycles. The zero-order valence-corrected chi connectivity index (χ0v) is 19.0. The minimum atomic E-state index is -0.952. The van der Waals surface area contributed by atoms with Gasteiger partial charge in [0.15, 0.2) is 11.5 Å². The number of carbonyl (C=O) groups excluding carboxylic acids is 1. The number of likely N-dealkylation sites (N-methyl/N-ethyl adjacent to an activating group) is 1. The van der Waals surface area contributed by atoms with Crippen molar-refractivity contribution in [3.63, 3.8) is 0 Å². The molecule has 172 valence electrons. The van der Waals surface area contributed by atoms with Gasteiger partial charge in [0.2, 0.25) is 5.91 Å². The summed E-state index contributed by atoms with van der Waals surface area (Å²) in [6.45, 7) is 2.42. The van der Waals surface area contributed by atoms with Gasteiger partial charge < -0.3 is 24.8 Å². The van der Waals surface area contributed by atoms with E-state index in [1.807, 2.05) is 24.3 Å². The van der Waals surface area contributed by atoms with Crippen LogP contribution in [0.25, 0.3) is 6.08 Å². The van der Waals surface area contributed by atoms with Crippen LogP contribution >= 0.6 is 0 Å². The van der Waals surface area contributed by atoms with Crippen molar-refractivity contribution in [3.05, 3.63) is 65.2 Å². The first-order valence-corrected chi connectivity index (χ1v) is 10.6. The molecule has 0 radical (unpaired) electrons. The van der Waals surface area contributed by atoms with Crippen molar-refractivity contribution < 1.29 is 24.2 Å². The number of ether oxygens (including phenoxy) is 2. The molecule has 2 N–H and O–H groups in total. The zero-order valence-electron chi connectivity index (χ0n) is 19.0. The first-order chi connectivity index (χ1) is 15.4. The quantitative estimate of drug-likeness (QED) is 0.464. The van der Waals surface area contributed by atoms with E-state index in [0.29, 0.717) is 6.54 Å². The Labute approximate surface area is 189 Å². The van der Waals surface area contributed by atoms with Crippen LogP contribution < -0.4 is 14.8 Å². The standard InChI is InChI=1S/C25H32N2O5/c1-27(17-14-20-10-13-22(31-2)23(18-20)32-3)16-5-15-26-24(28)7-4-6-19-8-11-21(12-9-19)25(29)30/h4,6,8-13,18H,5,7,14-17H2,1-3H3,(H,26,28)(H,29,30)/b6-4+. The largest absolute Gasteiger partial charge is 0.493 e. The lowest BCUT2D eigenvalue weighted by Crippen LogP contribution is -2.28. The van der Waals surface area contributed by atoms with Gasteiger partial charge in [-0.3, -0.25) is 4.79 Å². The molecule has 0 aliphatic carbocycles. The molecule has 0 fully saturated rings. The Morgan fingerprint density at radius 2 is 1.75 bits per heavy atom. The van der Waals surface area contributed by atoms with E-state index in [2.05, 4.69) is 17.3 Å². The lowest BCUT2D eigenvalue weighted by molar-refractivity contribution is -0.120. The van der Waals surface area contributed by atoms with E-state index in [0.717, 1.165) is 43.0 Å². The first kappa shape index (κ1) is 24.9. The average Bonchev–Trinajstić information content (AvgIpc) is 2.80. The van der Waals surface area contributed by atoms with Gasteiger partial charge in [0.05, 0.1) is 19.8 Å². The van der Waals surface area contributed by atoms with Crippen molar-refractivity contribution in [2.45, 2.75) is 19.3 Å². The molecule has 0 saturated carbocycles. The number of hydrogen-bond acceptors (Lipinski definition) is 5. The monoisotopic (exact) mass is 440 g/mol. The fraction of sp³-hybridized carbons (Fsp3) is 0.360. The molecule has 0 spiro atoms. The van der Waals surface area contributed by atoms with Crippen LogP contribution in [0.5, 0.6) is 11.5 Å². The predicted octanol–water partition coefficient (Wildman–Crippen LogP) is 3.49. The van der Waals surface area contributed by atoms with Crippen LogP contribution in [-0.2, 0) is 11.2 Å². The number of carbonyl (C=O) groups is 2. The molecule has 0 saturated heterocycles. The van der Waals surface area contributed by atoms with Crippen molar-refractivity contribution in [1.29, 1.82) is 0 Å². The van der Waals surface area contributed by atoms with Crippen LogP contribution in [0.4, 0.5) is 0 Å². The lowest BCUT2D eigenvalue weighted by atomic mass is 10.1.